The maximum Gasteiger partial charge on any atom is 0.255 e. The van der Waals surface area contributed by atoms with Crippen LogP contribution in [-0.4, -0.2) is 35.1 Å². The smallest absolute Gasteiger partial charge is 0.255 e. The van der Waals surface area contributed by atoms with E-state index in [4.69, 9.17) is 15.7 Å². The van der Waals surface area contributed by atoms with Gasteiger partial charge in [0, 0.05) is 18.2 Å². The molecule has 7 nitrogen and oxygen atoms in total. The van der Waals surface area contributed by atoms with E-state index < -0.39 is 0 Å². The van der Waals surface area contributed by atoms with E-state index in [1.54, 1.807) is 6.07 Å². The number of nitrogens with one attached hydrogen (secondary N) is 1. The van der Waals surface area contributed by atoms with E-state index in [2.05, 4.69) is 15.5 Å². The third-order valence-electron chi connectivity index (χ3n) is 3.58. The van der Waals surface area contributed by atoms with E-state index >= 15 is 0 Å². The second-order valence-electron chi connectivity index (χ2n) is 4.72. The molecule has 1 fully saturated rings. The molecule has 0 saturated heterocycles. The van der Waals surface area contributed by atoms with Crippen LogP contribution in [0, 0.1) is 5.92 Å². The zero-order chi connectivity index (χ0) is 14.5. The van der Waals surface area contributed by atoms with Crippen molar-refractivity contribution in [2.24, 2.45) is 16.8 Å². The van der Waals surface area contributed by atoms with Gasteiger partial charge in [0.25, 0.3) is 5.91 Å². The van der Waals surface area contributed by atoms with Crippen molar-refractivity contribution in [3.63, 3.8) is 0 Å². The fraction of sp³-hybridized carbons (Fsp3) is 0.462. The Balaban J connectivity index is 2.11. The Morgan fingerprint density at radius 3 is 3.10 bits per heavy atom. The predicted molar refractivity (Wildman–Crippen MR) is 72.8 cm³/mol. The van der Waals surface area contributed by atoms with E-state index in [1.165, 1.54) is 19.5 Å². The molecule has 1 heterocycles. The third kappa shape index (κ3) is 2.81. The summed E-state index contributed by atoms with van der Waals surface area (Å²) < 4.78 is 5.11. The van der Waals surface area contributed by atoms with Gasteiger partial charge in [-0.3, -0.25) is 9.78 Å². The second-order valence-corrected chi connectivity index (χ2v) is 4.72. The van der Waals surface area contributed by atoms with Crippen LogP contribution in [0.25, 0.3) is 0 Å². The summed E-state index contributed by atoms with van der Waals surface area (Å²) >= 11 is 0. The zero-order valence-corrected chi connectivity index (χ0v) is 11.2. The summed E-state index contributed by atoms with van der Waals surface area (Å²) in [6.45, 7) is 0. The van der Waals surface area contributed by atoms with Gasteiger partial charge in [0.2, 0.25) is 0 Å². The largest absolute Gasteiger partial charge is 0.494 e. The van der Waals surface area contributed by atoms with Gasteiger partial charge in [0.15, 0.2) is 0 Å². The van der Waals surface area contributed by atoms with Gasteiger partial charge in [-0.2, -0.15) is 0 Å². The zero-order valence-electron chi connectivity index (χ0n) is 11.2. The number of nitrogens with two attached hydrogens (primary N) is 1. The van der Waals surface area contributed by atoms with Crippen LogP contribution >= 0.6 is 0 Å². The molecule has 2 unspecified atom stereocenters. The number of ether oxygens (including phenoxy) is 1. The molecule has 1 saturated carbocycles. The summed E-state index contributed by atoms with van der Waals surface area (Å²) in [5.74, 6) is 0.210. The molecule has 108 valence electrons. The van der Waals surface area contributed by atoms with Crippen LogP contribution in [0.2, 0.25) is 0 Å². The topological polar surface area (TPSA) is 110 Å². The summed E-state index contributed by atoms with van der Waals surface area (Å²) in [6.07, 6.45) is 5.56. The molecule has 2 rings (SSSR count). The van der Waals surface area contributed by atoms with Gasteiger partial charge in [0.05, 0.1) is 18.9 Å². The molecule has 0 spiro atoms. The molecule has 0 aromatic carbocycles. The highest BCUT2D eigenvalue weighted by molar-refractivity contribution is 5.97. The first-order valence-electron chi connectivity index (χ1n) is 6.43. The fourth-order valence-corrected chi connectivity index (χ4v) is 2.54. The molecule has 1 aromatic heterocycles. The lowest BCUT2D eigenvalue weighted by Gasteiger charge is -2.20. The number of hydrogen-bond donors (Lipinski definition) is 3. The van der Waals surface area contributed by atoms with Crippen LogP contribution in [0.15, 0.2) is 23.6 Å². The standard InChI is InChI=1S/C13H18N4O3/c1-20-11-7-15-6-5-9(11)13(18)16-10-4-2-3-8(10)12(14)17-19/h5-8,10,19H,2-4H2,1H3,(H2,14,17)(H,16,18). The number of methoxy groups -OCH3 is 1. The Bertz CT molecular complexity index is 518. The lowest BCUT2D eigenvalue weighted by atomic mass is 10.0. The van der Waals surface area contributed by atoms with Crippen LogP contribution in [-0.2, 0) is 0 Å². The van der Waals surface area contributed by atoms with E-state index in [9.17, 15) is 4.79 Å². The van der Waals surface area contributed by atoms with E-state index in [0.29, 0.717) is 11.3 Å². The normalized spacial score (nSPS) is 22.6. The van der Waals surface area contributed by atoms with E-state index in [1.807, 2.05) is 0 Å². The number of oxime groups is 1. The first-order valence-corrected chi connectivity index (χ1v) is 6.43. The maximum absolute atomic E-state index is 12.3. The highest BCUT2D eigenvalue weighted by Crippen LogP contribution is 2.26. The minimum atomic E-state index is -0.244. The number of hydrogen-bond acceptors (Lipinski definition) is 5. The summed E-state index contributed by atoms with van der Waals surface area (Å²) in [6, 6.07) is 1.47. The summed E-state index contributed by atoms with van der Waals surface area (Å²) in [5.41, 5.74) is 6.08. The second kappa shape index (κ2) is 6.23. The van der Waals surface area contributed by atoms with Crippen molar-refractivity contribution in [3.8, 4) is 5.75 Å². The Labute approximate surface area is 116 Å². The molecular weight excluding hydrogens is 260 g/mol. The van der Waals surface area contributed by atoms with Gasteiger partial charge in [-0.15, -0.1) is 0 Å². The average Bonchev–Trinajstić information content (AvgIpc) is 2.94. The van der Waals surface area contributed by atoms with Crippen LogP contribution in [0.3, 0.4) is 0 Å². The predicted octanol–water partition coefficient (Wildman–Crippen LogP) is 0.735. The molecule has 0 aliphatic heterocycles. The summed E-state index contributed by atoms with van der Waals surface area (Å²) in [7, 11) is 1.49. The highest BCUT2D eigenvalue weighted by Gasteiger charge is 2.32. The Morgan fingerprint density at radius 1 is 1.60 bits per heavy atom. The van der Waals surface area contributed by atoms with E-state index in [0.717, 1.165) is 19.3 Å². The quantitative estimate of drug-likeness (QED) is 0.325. The number of amides is 1. The van der Waals surface area contributed by atoms with Crippen molar-refractivity contribution in [2.75, 3.05) is 7.11 Å². The average molecular weight is 278 g/mol. The van der Waals surface area contributed by atoms with Gasteiger partial charge in [-0.25, -0.2) is 0 Å². The Kier molecular flexibility index (Phi) is 4.39. The van der Waals surface area contributed by atoms with Crippen molar-refractivity contribution in [1.82, 2.24) is 10.3 Å². The third-order valence-corrected chi connectivity index (χ3v) is 3.58. The first kappa shape index (κ1) is 14.1. The number of pyridine rings is 1. The molecule has 4 N–H and O–H groups in total. The highest BCUT2D eigenvalue weighted by atomic mass is 16.5. The lowest BCUT2D eigenvalue weighted by Crippen LogP contribution is -2.42. The van der Waals surface area contributed by atoms with Gasteiger partial charge in [0.1, 0.15) is 11.6 Å². The minimum Gasteiger partial charge on any atom is -0.494 e. The number of rotatable bonds is 4. The SMILES string of the molecule is COc1cnccc1C(=O)NC1CCCC1/C(N)=N/O. The van der Waals surface area contributed by atoms with E-state index in [-0.39, 0.29) is 23.7 Å². The van der Waals surface area contributed by atoms with Gasteiger partial charge < -0.3 is 21.0 Å². The number of nitrogens with zero attached hydrogens (tertiary/aromatic N) is 2. The van der Waals surface area contributed by atoms with Crippen molar-refractivity contribution in [1.29, 1.82) is 0 Å². The van der Waals surface area contributed by atoms with Crippen LogP contribution in [0.1, 0.15) is 29.6 Å². The summed E-state index contributed by atoms with van der Waals surface area (Å²) in [4.78, 5) is 16.2. The van der Waals surface area contributed by atoms with Gasteiger partial charge in [-0.05, 0) is 18.9 Å². The number of carbonyl (C=O) groups is 1. The van der Waals surface area contributed by atoms with Crippen molar-refractivity contribution >= 4 is 11.7 Å². The molecule has 1 aliphatic rings. The number of carbonyl (C=O) groups excluding carboxylic acids is 1. The van der Waals surface area contributed by atoms with Crippen molar-refractivity contribution in [2.45, 2.75) is 25.3 Å². The first-order chi connectivity index (χ1) is 9.67. The molecule has 2 atom stereocenters. The van der Waals surface area contributed by atoms with Crippen LogP contribution in [0.5, 0.6) is 5.75 Å². The monoisotopic (exact) mass is 278 g/mol. The Morgan fingerprint density at radius 2 is 2.40 bits per heavy atom. The van der Waals surface area contributed by atoms with Crippen LogP contribution in [0.4, 0.5) is 0 Å². The van der Waals surface area contributed by atoms with Crippen molar-refractivity contribution < 1.29 is 14.7 Å². The molecule has 1 aliphatic carbocycles. The van der Waals surface area contributed by atoms with Crippen molar-refractivity contribution in [3.05, 3.63) is 24.0 Å². The molecule has 1 amide bonds. The minimum absolute atomic E-state index is 0.128. The molecule has 1 aromatic rings. The summed E-state index contributed by atoms with van der Waals surface area (Å²) in [5, 5.41) is 14.7. The molecule has 0 bridgehead atoms. The Hall–Kier alpha value is -2.31. The van der Waals surface area contributed by atoms with Gasteiger partial charge in [-0.1, -0.05) is 11.6 Å². The number of amidine groups is 1. The van der Waals surface area contributed by atoms with Crippen LogP contribution < -0.4 is 15.8 Å². The number of aromatic nitrogens is 1. The maximum atomic E-state index is 12.3. The molecule has 20 heavy (non-hydrogen) atoms. The fourth-order valence-electron chi connectivity index (χ4n) is 2.54. The lowest BCUT2D eigenvalue weighted by molar-refractivity contribution is 0.0930. The molecule has 0 radical (unpaired) electrons. The molecule has 7 heteroatoms. The molecular formula is C13H18N4O3. The van der Waals surface area contributed by atoms with Gasteiger partial charge >= 0.3 is 0 Å².